The molecule has 0 bridgehead atoms. The molecule has 14 heavy (non-hydrogen) atoms. The number of nitrogens with zero attached hydrogens (tertiary/aromatic N) is 1. The van der Waals surface area contributed by atoms with E-state index in [0.29, 0.717) is 6.42 Å². The first-order chi connectivity index (χ1) is 6.33. The van der Waals surface area contributed by atoms with Gasteiger partial charge in [0.2, 0.25) is 0 Å². The van der Waals surface area contributed by atoms with Gasteiger partial charge in [0, 0.05) is 13.0 Å². The highest BCUT2D eigenvalue weighted by atomic mass is 15.0. The average Bonchev–Trinajstić information content (AvgIpc) is 2.12. The molecule has 0 aromatic rings. The quantitative estimate of drug-likeness (QED) is 0.678. The Labute approximate surface area is 87.7 Å². The molecule has 0 heterocycles. The van der Waals surface area contributed by atoms with Crippen molar-refractivity contribution in [2.75, 3.05) is 6.54 Å². The SMILES string of the molecule is C#CC(C)(C)NCC(C)(C)CCC#N. The smallest absolute Gasteiger partial charge is 0.0741 e. The zero-order chi connectivity index (χ0) is 11.2. The van der Waals surface area contributed by atoms with Crippen LogP contribution in [0, 0.1) is 29.1 Å². The lowest BCUT2D eigenvalue weighted by Gasteiger charge is -2.29. The Bertz CT molecular complexity index is 250. The van der Waals surface area contributed by atoms with Gasteiger partial charge in [0.15, 0.2) is 0 Å². The molecular formula is C12H20N2. The van der Waals surface area contributed by atoms with Gasteiger partial charge in [-0.3, -0.25) is 0 Å². The van der Waals surface area contributed by atoms with E-state index < -0.39 is 0 Å². The van der Waals surface area contributed by atoms with E-state index in [9.17, 15) is 0 Å². The van der Waals surface area contributed by atoms with Crippen LogP contribution in [0.2, 0.25) is 0 Å². The van der Waals surface area contributed by atoms with Crippen LogP contribution < -0.4 is 5.32 Å². The molecule has 0 fully saturated rings. The van der Waals surface area contributed by atoms with Gasteiger partial charge >= 0.3 is 0 Å². The fourth-order valence-corrected chi connectivity index (χ4v) is 0.994. The van der Waals surface area contributed by atoms with Crippen LogP contribution in [-0.4, -0.2) is 12.1 Å². The number of hydrogen-bond donors (Lipinski definition) is 1. The van der Waals surface area contributed by atoms with Gasteiger partial charge in [0.25, 0.3) is 0 Å². The molecule has 0 aliphatic carbocycles. The largest absolute Gasteiger partial charge is 0.301 e. The topological polar surface area (TPSA) is 35.8 Å². The summed E-state index contributed by atoms with van der Waals surface area (Å²) in [6, 6.07) is 2.17. The first-order valence-electron chi connectivity index (χ1n) is 4.93. The summed E-state index contributed by atoms with van der Waals surface area (Å²) in [6.07, 6.45) is 6.87. The Morgan fingerprint density at radius 3 is 2.29 bits per heavy atom. The summed E-state index contributed by atoms with van der Waals surface area (Å²) in [7, 11) is 0. The van der Waals surface area contributed by atoms with Gasteiger partial charge in [-0.1, -0.05) is 19.8 Å². The van der Waals surface area contributed by atoms with Gasteiger partial charge < -0.3 is 5.32 Å². The third-order valence-corrected chi connectivity index (χ3v) is 2.28. The molecule has 1 N–H and O–H groups in total. The van der Waals surface area contributed by atoms with E-state index in [1.54, 1.807) is 0 Å². The summed E-state index contributed by atoms with van der Waals surface area (Å²) >= 11 is 0. The fourth-order valence-electron chi connectivity index (χ4n) is 0.994. The lowest BCUT2D eigenvalue weighted by atomic mass is 9.87. The second-order valence-corrected chi connectivity index (χ2v) is 4.95. The third-order valence-electron chi connectivity index (χ3n) is 2.28. The number of rotatable bonds is 5. The van der Waals surface area contributed by atoms with Crippen molar-refractivity contribution in [3.8, 4) is 18.4 Å². The van der Waals surface area contributed by atoms with Crippen LogP contribution in [0.3, 0.4) is 0 Å². The molecule has 0 aliphatic rings. The molecule has 2 nitrogen and oxygen atoms in total. The number of hydrogen-bond acceptors (Lipinski definition) is 2. The molecule has 0 atom stereocenters. The fraction of sp³-hybridized carbons (Fsp3) is 0.750. The first kappa shape index (κ1) is 13.0. The van der Waals surface area contributed by atoms with Crippen molar-refractivity contribution < 1.29 is 0 Å². The van der Waals surface area contributed by atoms with Gasteiger partial charge in [0.1, 0.15) is 0 Å². The number of nitrogens with one attached hydrogen (secondary N) is 1. The van der Waals surface area contributed by atoms with Gasteiger partial charge in [-0.05, 0) is 25.7 Å². The molecule has 0 saturated heterocycles. The van der Waals surface area contributed by atoms with Gasteiger partial charge in [-0.25, -0.2) is 0 Å². The lowest BCUT2D eigenvalue weighted by Crippen LogP contribution is -2.43. The maximum absolute atomic E-state index is 8.50. The Kier molecular flexibility index (Phi) is 4.68. The van der Waals surface area contributed by atoms with Crippen LogP contribution in [0.5, 0.6) is 0 Å². The summed E-state index contributed by atoms with van der Waals surface area (Å²) in [5, 5.41) is 11.8. The zero-order valence-electron chi connectivity index (χ0n) is 9.65. The standard InChI is InChI=1S/C12H20N2/c1-6-12(4,5)14-10-11(2,3)8-7-9-13/h1,14H,7-8,10H2,2-5H3. The molecule has 2 heteroatoms. The second-order valence-electron chi connectivity index (χ2n) is 4.95. The Morgan fingerprint density at radius 2 is 1.86 bits per heavy atom. The van der Waals surface area contributed by atoms with E-state index in [4.69, 9.17) is 11.7 Å². The van der Waals surface area contributed by atoms with Crippen molar-refractivity contribution in [1.29, 1.82) is 5.26 Å². The van der Waals surface area contributed by atoms with Crippen LogP contribution >= 0.6 is 0 Å². The van der Waals surface area contributed by atoms with Crippen LogP contribution in [0.1, 0.15) is 40.5 Å². The van der Waals surface area contributed by atoms with Crippen LogP contribution in [0.25, 0.3) is 0 Å². The predicted octanol–water partition coefficient (Wildman–Crippen LogP) is 2.32. The van der Waals surface area contributed by atoms with E-state index in [1.807, 2.05) is 13.8 Å². The predicted molar refractivity (Wildman–Crippen MR) is 59.5 cm³/mol. The van der Waals surface area contributed by atoms with Crippen molar-refractivity contribution in [2.45, 2.75) is 46.1 Å². The maximum Gasteiger partial charge on any atom is 0.0741 e. The molecule has 0 unspecified atom stereocenters. The second kappa shape index (κ2) is 5.03. The summed E-state index contributed by atoms with van der Waals surface area (Å²) in [4.78, 5) is 0. The van der Waals surface area contributed by atoms with E-state index in [1.165, 1.54) is 0 Å². The Hall–Kier alpha value is -0.990. The number of nitriles is 1. The Balaban J connectivity index is 4.01. The van der Waals surface area contributed by atoms with Crippen LogP contribution in [0.15, 0.2) is 0 Å². The molecule has 0 radical (unpaired) electrons. The molecule has 0 rings (SSSR count). The van der Waals surface area contributed by atoms with Crippen molar-refractivity contribution in [2.24, 2.45) is 5.41 Å². The minimum Gasteiger partial charge on any atom is -0.301 e. The Morgan fingerprint density at radius 1 is 1.29 bits per heavy atom. The van der Waals surface area contributed by atoms with Crippen LogP contribution in [0.4, 0.5) is 0 Å². The minimum atomic E-state index is -0.260. The summed E-state index contributed by atoms with van der Waals surface area (Å²) in [5.74, 6) is 2.69. The average molecular weight is 192 g/mol. The van der Waals surface area contributed by atoms with Crippen molar-refractivity contribution in [1.82, 2.24) is 5.32 Å². The first-order valence-corrected chi connectivity index (χ1v) is 4.93. The van der Waals surface area contributed by atoms with Crippen molar-refractivity contribution in [3.05, 3.63) is 0 Å². The molecule has 78 valence electrons. The molecule has 0 aromatic carbocycles. The van der Waals surface area contributed by atoms with Crippen molar-refractivity contribution >= 4 is 0 Å². The van der Waals surface area contributed by atoms with Crippen LogP contribution in [-0.2, 0) is 0 Å². The molecular weight excluding hydrogens is 172 g/mol. The normalized spacial score (nSPS) is 11.9. The highest BCUT2D eigenvalue weighted by molar-refractivity contribution is 5.07. The highest BCUT2D eigenvalue weighted by Gasteiger charge is 2.21. The third kappa shape index (κ3) is 5.62. The van der Waals surface area contributed by atoms with E-state index in [-0.39, 0.29) is 11.0 Å². The minimum absolute atomic E-state index is 0.129. The van der Waals surface area contributed by atoms with Gasteiger partial charge in [-0.2, -0.15) is 5.26 Å². The lowest BCUT2D eigenvalue weighted by molar-refractivity contribution is 0.291. The number of terminal acetylenes is 1. The summed E-state index contributed by atoms with van der Waals surface area (Å²) in [6.45, 7) is 9.08. The summed E-state index contributed by atoms with van der Waals surface area (Å²) < 4.78 is 0. The molecule has 0 saturated carbocycles. The van der Waals surface area contributed by atoms with Crippen molar-refractivity contribution in [3.63, 3.8) is 0 Å². The van der Waals surface area contributed by atoms with E-state index in [2.05, 4.69) is 31.2 Å². The molecule has 0 aromatic heterocycles. The summed E-state index contributed by atoms with van der Waals surface area (Å²) in [5.41, 5.74) is -0.131. The maximum atomic E-state index is 8.50. The molecule has 0 aliphatic heterocycles. The molecule has 0 spiro atoms. The van der Waals surface area contributed by atoms with Gasteiger partial charge in [0.05, 0.1) is 11.6 Å². The van der Waals surface area contributed by atoms with E-state index in [0.717, 1.165) is 13.0 Å². The zero-order valence-corrected chi connectivity index (χ0v) is 9.65. The van der Waals surface area contributed by atoms with Gasteiger partial charge in [-0.15, -0.1) is 6.42 Å². The highest BCUT2D eigenvalue weighted by Crippen LogP contribution is 2.21. The molecule has 0 amide bonds. The van der Waals surface area contributed by atoms with E-state index >= 15 is 0 Å². The monoisotopic (exact) mass is 192 g/mol.